The third-order valence-corrected chi connectivity index (χ3v) is 5.25. The fraction of sp³-hybridized carbons (Fsp3) is 0.208. The lowest BCUT2D eigenvalue weighted by molar-refractivity contribution is -0.139. The maximum absolute atomic E-state index is 13.7. The number of urea groups is 1. The fourth-order valence-electron chi connectivity index (χ4n) is 3.45. The Kier molecular flexibility index (Phi) is 7.56. The molecular weight excluding hydrogens is 492 g/mol. The number of nitrogens with zero attached hydrogens (tertiary/aromatic N) is 1. The molecule has 3 rings (SSSR count). The highest BCUT2D eigenvalue weighted by Crippen LogP contribution is 2.36. The third-order valence-electron chi connectivity index (χ3n) is 5.25. The number of alkyl halides is 6. The quantitative estimate of drug-likeness (QED) is 0.319. The van der Waals surface area contributed by atoms with Crippen LogP contribution in [0.15, 0.2) is 60.8 Å². The zero-order valence-corrected chi connectivity index (χ0v) is 18.8. The number of carbonyl (C=O) groups is 2. The molecule has 0 spiro atoms. The molecule has 0 saturated heterocycles. The van der Waals surface area contributed by atoms with Crippen LogP contribution in [0.5, 0.6) is 0 Å². The van der Waals surface area contributed by atoms with E-state index in [0.717, 1.165) is 30.5 Å². The van der Waals surface area contributed by atoms with Crippen LogP contribution < -0.4 is 10.6 Å². The van der Waals surface area contributed by atoms with Gasteiger partial charge in [0.2, 0.25) is 0 Å². The number of nitrogens with one attached hydrogen (secondary N) is 2. The van der Waals surface area contributed by atoms with Gasteiger partial charge in [-0.05, 0) is 54.4 Å². The minimum absolute atomic E-state index is 0.0672. The van der Waals surface area contributed by atoms with Gasteiger partial charge in [-0.15, -0.1) is 0 Å². The summed E-state index contributed by atoms with van der Waals surface area (Å²) in [5.41, 5.74) is -2.21. The van der Waals surface area contributed by atoms with Crippen LogP contribution in [0.25, 0.3) is 0 Å². The van der Waals surface area contributed by atoms with Crippen LogP contribution in [0.1, 0.15) is 44.3 Å². The summed E-state index contributed by atoms with van der Waals surface area (Å²) in [6, 6.07) is 6.96. The van der Waals surface area contributed by atoms with Crippen molar-refractivity contribution in [1.82, 2.24) is 10.3 Å². The predicted octanol–water partition coefficient (Wildman–Crippen LogP) is 6.13. The van der Waals surface area contributed by atoms with Gasteiger partial charge in [-0.3, -0.25) is 4.98 Å². The van der Waals surface area contributed by atoms with Crippen LogP contribution in [-0.2, 0) is 17.1 Å². The van der Waals surface area contributed by atoms with E-state index in [1.165, 1.54) is 32.2 Å². The van der Waals surface area contributed by atoms with Gasteiger partial charge in [0, 0.05) is 11.9 Å². The molecule has 0 aliphatic heterocycles. The van der Waals surface area contributed by atoms with E-state index in [1.807, 2.05) is 0 Å². The topological polar surface area (TPSA) is 80.3 Å². The second-order valence-corrected chi connectivity index (χ2v) is 7.55. The van der Waals surface area contributed by atoms with E-state index in [-0.39, 0.29) is 16.8 Å². The molecule has 0 fully saturated rings. The number of rotatable bonds is 5. The lowest BCUT2D eigenvalue weighted by Gasteiger charge is -2.23. The van der Waals surface area contributed by atoms with Crippen molar-refractivity contribution in [2.45, 2.75) is 25.3 Å². The average Bonchev–Trinajstić information content (AvgIpc) is 2.82. The Labute approximate surface area is 201 Å². The second kappa shape index (κ2) is 10.3. The highest BCUT2D eigenvalue weighted by Gasteiger charge is 2.37. The van der Waals surface area contributed by atoms with E-state index in [4.69, 9.17) is 0 Å². The number of halogens is 6. The highest BCUT2D eigenvalue weighted by molar-refractivity contribution is 5.96. The first kappa shape index (κ1) is 26.5. The van der Waals surface area contributed by atoms with Crippen LogP contribution in [-0.4, -0.2) is 24.1 Å². The fourth-order valence-corrected chi connectivity index (χ4v) is 3.45. The third kappa shape index (κ3) is 5.93. The standard InChI is InChI=1S/C24H19F6N3O3/c1-13-16(21(34)36-2)5-3-7-18(13)32-22(35)33-19(14-8-10-15(11-9-14)23(25,26)27)20-17(24(28,29)30)6-4-12-31-20/h3-12,19H,1-2H3,(H2,32,33,35). The van der Waals surface area contributed by atoms with Gasteiger partial charge in [0.25, 0.3) is 0 Å². The van der Waals surface area contributed by atoms with Crippen molar-refractivity contribution >= 4 is 17.7 Å². The number of amides is 2. The van der Waals surface area contributed by atoms with Crippen LogP contribution in [0, 0.1) is 6.92 Å². The number of anilines is 1. The molecule has 190 valence electrons. The van der Waals surface area contributed by atoms with Gasteiger partial charge in [-0.25, -0.2) is 9.59 Å². The van der Waals surface area contributed by atoms with E-state index in [9.17, 15) is 35.9 Å². The van der Waals surface area contributed by atoms with Gasteiger partial charge in [0.05, 0.1) is 35.5 Å². The lowest BCUT2D eigenvalue weighted by Crippen LogP contribution is -2.35. The molecule has 1 unspecified atom stereocenters. The van der Waals surface area contributed by atoms with E-state index in [2.05, 4.69) is 20.4 Å². The first-order valence-corrected chi connectivity index (χ1v) is 10.3. The zero-order valence-electron chi connectivity index (χ0n) is 18.8. The number of ether oxygens (including phenoxy) is 1. The van der Waals surface area contributed by atoms with Crippen LogP contribution in [0.4, 0.5) is 36.8 Å². The first-order valence-electron chi connectivity index (χ1n) is 10.3. The zero-order chi connectivity index (χ0) is 26.7. The molecule has 3 aromatic rings. The summed E-state index contributed by atoms with van der Waals surface area (Å²) in [7, 11) is 1.17. The predicted molar refractivity (Wildman–Crippen MR) is 117 cm³/mol. The Bertz CT molecular complexity index is 1260. The molecule has 1 atom stereocenters. The van der Waals surface area contributed by atoms with Crippen molar-refractivity contribution in [3.8, 4) is 0 Å². The summed E-state index contributed by atoms with van der Waals surface area (Å²) in [5, 5.41) is 4.80. The molecule has 0 saturated carbocycles. The summed E-state index contributed by atoms with van der Waals surface area (Å²) in [5.74, 6) is -0.664. The number of carbonyl (C=O) groups excluding carboxylic acids is 2. The second-order valence-electron chi connectivity index (χ2n) is 7.55. The van der Waals surface area contributed by atoms with Crippen molar-refractivity contribution in [3.05, 3.63) is 94.3 Å². The van der Waals surface area contributed by atoms with Crippen LogP contribution >= 0.6 is 0 Å². The van der Waals surface area contributed by atoms with Crippen LogP contribution in [0.3, 0.4) is 0 Å². The summed E-state index contributed by atoms with van der Waals surface area (Å²) in [6.45, 7) is 1.52. The molecule has 0 bridgehead atoms. The number of esters is 1. The van der Waals surface area contributed by atoms with Gasteiger partial charge < -0.3 is 15.4 Å². The Hall–Kier alpha value is -4.09. The van der Waals surface area contributed by atoms with Gasteiger partial charge in [0.15, 0.2) is 0 Å². The van der Waals surface area contributed by atoms with Crippen molar-refractivity contribution < 1.29 is 40.7 Å². The van der Waals surface area contributed by atoms with Crippen molar-refractivity contribution in [2.75, 3.05) is 12.4 Å². The number of pyridine rings is 1. The molecule has 6 nitrogen and oxygen atoms in total. The maximum Gasteiger partial charge on any atom is 0.418 e. The maximum atomic E-state index is 13.7. The Morgan fingerprint density at radius 2 is 1.58 bits per heavy atom. The average molecular weight is 511 g/mol. The van der Waals surface area contributed by atoms with E-state index in [1.54, 1.807) is 0 Å². The molecule has 2 amide bonds. The molecule has 1 aromatic heterocycles. The van der Waals surface area contributed by atoms with Crippen molar-refractivity contribution in [2.24, 2.45) is 0 Å². The molecule has 0 radical (unpaired) electrons. The van der Waals surface area contributed by atoms with Gasteiger partial charge >= 0.3 is 24.4 Å². The number of methoxy groups -OCH3 is 1. The highest BCUT2D eigenvalue weighted by atomic mass is 19.4. The van der Waals surface area contributed by atoms with Gasteiger partial charge in [-0.2, -0.15) is 26.3 Å². The molecular formula is C24H19F6N3O3. The molecule has 36 heavy (non-hydrogen) atoms. The summed E-state index contributed by atoms with van der Waals surface area (Å²) >= 11 is 0. The van der Waals surface area contributed by atoms with E-state index < -0.39 is 47.2 Å². The Morgan fingerprint density at radius 1 is 0.917 bits per heavy atom. The summed E-state index contributed by atoms with van der Waals surface area (Å²) in [6.07, 6.45) is -8.44. The minimum Gasteiger partial charge on any atom is -0.465 e. The number of aromatic nitrogens is 1. The molecule has 0 aliphatic rings. The summed E-state index contributed by atoms with van der Waals surface area (Å²) in [4.78, 5) is 28.5. The SMILES string of the molecule is COC(=O)c1cccc(NC(=O)NC(c2ccc(C(F)(F)F)cc2)c2ncccc2C(F)(F)F)c1C. The number of hydrogen-bond acceptors (Lipinski definition) is 4. The van der Waals surface area contributed by atoms with Gasteiger partial charge in [0.1, 0.15) is 0 Å². The lowest BCUT2D eigenvalue weighted by atomic mass is 9.98. The smallest absolute Gasteiger partial charge is 0.418 e. The largest absolute Gasteiger partial charge is 0.465 e. The number of hydrogen-bond donors (Lipinski definition) is 2. The van der Waals surface area contributed by atoms with Crippen LogP contribution in [0.2, 0.25) is 0 Å². The molecule has 2 N–H and O–H groups in total. The Balaban J connectivity index is 2.00. The molecule has 2 aromatic carbocycles. The van der Waals surface area contributed by atoms with E-state index in [0.29, 0.717) is 17.7 Å². The number of benzene rings is 2. The first-order chi connectivity index (χ1) is 16.8. The molecule has 0 aliphatic carbocycles. The Morgan fingerprint density at radius 3 is 2.17 bits per heavy atom. The minimum atomic E-state index is -4.85. The summed E-state index contributed by atoms with van der Waals surface area (Å²) < 4.78 is 84.7. The van der Waals surface area contributed by atoms with Crippen molar-refractivity contribution in [1.29, 1.82) is 0 Å². The molecule has 12 heteroatoms. The molecule has 1 heterocycles. The monoisotopic (exact) mass is 511 g/mol. The van der Waals surface area contributed by atoms with E-state index >= 15 is 0 Å². The van der Waals surface area contributed by atoms with Crippen molar-refractivity contribution in [3.63, 3.8) is 0 Å². The van der Waals surface area contributed by atoms with Gasteiger partial charge in [-0.1, -0.05) is 18.2 Å². The normalized spacial score (nSPS) is 12.6.